The molecule has 0 radical (unpaired) electrons. The van der Waals surface area contributed by atoms with Crippen molar-refractivity contribution < 1.29 is 18.0 Å². The van der Waals surface area contributed by atoms with Crippen molar-refractivity contribution in [3.63, 3.8) is 0 Å². The first-order valence-electron chi connectivity index (χ1n) is 9.60. The maximum Gasteiger partial charge on any atom is 0.254 e. The molecule has 0 bridgehead atoms. The van der Waals surface area contributed by atoms with E-state index in [9.17, 15) is 18.0 Å². The Morgan fingerprint density at radius 2 is 1.86 bits per heavy atom. The fraction of sp³-hybridized carbons (Fsp3) is 0.409. The molecular weight excluding hydrogens is 478 g/mol. The molecule has 1 fully saturated rings. The number of unbranched alkanes of at least 4 members (excludes halogenated alkanes) is 2. The predicted molar refractivity (Wildman–Crippen MR) is 112 cm³/mol. The minimum absolute atomic E-state index is 0.0838. The number of nitrogens with zero attached hydrogens (tertiary/aromatic N) is 1. The third-order valence-electron chi connectivity index (χ3n) is 5.27. The lowest BCUT2D eigenvalue weighted by molar-refractivity contribution is 0.0479. The number of carbonyl (C=O) groups excluding carboxylic acids is 1. The maximum atomic E-state index is 14.5. The average Bonchev–Trinajstić information content (AvgIpc) is 2.62. The second-order valence-corrected chi connectivity index (χ2v) is 8.62. The quantitative estimate of drug-likeness (QED) is 0.339. The van der Waals surface area contributed by atoms with Crippen LogP contribution in [0.25, 0.3) is 0 Å². The second kappa shape index (κ2) is 9.29. The molecule has 6 heteroatoms. The summed E-state index contributed by atoms with van der Waals surface area (Å²) in [5, 5.41) is 0. The largest absolute Gasteiger partial charge is 0.338 e. The van der Waals surface area contributed by atoms with Gasteiger partial charge < -0.3 is 4.90 Å². The van der Waals surface area contributed by atoms with E-state index < -0.39 is 17.5 Å². The van der Waals surface area contributed by atoms with Crippen molar-refractivity contribution in [2.75, 3.05) is 13.1 Å². The van der Waals surface area contributed by atoms with E-state index >= 15 is 0 Å². The first-order valence-corrected chi connectivity index (χ1v) is 10.7. The van der Waals surface area contributed by atoms with Crippen LogP contribution >= 0.6 is 22.6 Å². The van der Waals surface area contributed by atoms with Gasteiger partial charge in [0.2, 0.25) is 0 Å². The van der Waals surface area contributed by atoms with Crippen LogP contribution in [0.4, 0.5) is 13.2 Å². The smallest absolute Gasteiger partial charge is 0.254 e. The van der Waals surface area contributed by atoms with Gasteiger partial charge in [0.25, 0.3) is 5.91 Å². The van der Waals surface area contributed by atoms with Crippen molar-refractivity contribution in [1.29, 1.82) is 0 Å². The Hall–Kier alpha value is -1.57. The lowest BCUT2D eigenvalue weighted by atomic mass is 9.91. The number of amides is 1. The van der Waals surface area contributed by atoms with Crippen molar-refractivity contribution in [3.8, 4) is 0 Å². The van der Waals surface area contributed by atoms with Crippen LogP contribution in [-0.4, -0.2) is 23.9 Å². The molecule has 1 aliphatic heterocycles. The molecule has 0 aliphatic carbocycles. The Morgan fingerprint density at radius 3 is 2.54 bits per heavy atom. The van der Waals surface area contributed by atoms with E-state index in [0.29, 0.717) is 22.6 Å². The highest BCUT2D eigenvalue weighted by Gasteiger charge is 2.32. The number of rotatable bonds is 7. The number of hydrogen-bond acceptors (Lipinski definition) is 1. The van der Waals surface area contributed by atoms with Crippen LogP contribution in [-0.2, 0) is 6.42 Å². The molecule has 0 saturated carbocycles. The van der Waals surface area contributed by atoms with E-state index in [0.717, 1.165) is 25.3 Å². The van der Waals surface area contributed by atoms with Gasteiger partial charge >= 0.3 is 0 Å². The van der Waals surface area contributed by atoms with E-state index in [1.54, 1.807) is 17.0 Å². The zero-order valence-electron chi connectivity index (χ0n) is 15.8. The molecule has 1 heterocycles. The highest BCUT2D eigenvalue weighted by atomic mass is 127. The topological polar surface area (TPSA) is 20.3 Å². The fourth-order valence-corrected chi connectivity index (χ4v) is 4.05. The first-order chi connectivity index (χ1) is 13.4. The Bertz CT molecular complexity index is 865. The molecule has 1 saturated heterocycles. The minimum Gasteiger partial charge on any atom is -0.338 e. The molecule has 0 atom stereocenters. The molecule has 0 N–H and O–H groups in total. The molecule has 1 amide bonds. The summed E-state index contributed by atoms with van der Waals surface area (Å²) in [5.74, 6) is -2.44. The Balaban J connectivity index is 1.78. The van der Waals surface area contributed by atoms with Crippen LogP contribution in [0.3, 0.4) is 0 Å². The summed E-state index contributed by atoms with van der Waals surface area (Å²) in [6.45, 7) is 3.43. The van der Waals surface area contributed by atoms with E-state index in [1.165, 1.54) is 18.6 Å². The highest BCUT2D eigenvalue weighted by molar-refractivity contribution is 14.1. The highest BCUT2D eigenvalue weighted by Crippen LogP contribution is 2.28. The molecule has 2 aromatic rings. The lowest BCUT2D eigenvalue weighted by Gasteiger charge is -2.40. The molecular formula is C22H23F3INO. The summed E-state index contributed by atoms with van der Waals surface area (Å²) in [5.41, 5.74) is 0.267. The van der Waals surface area contributed by atoms with Gasteiger partial charge in [-0.15, -0.1) is 0 Å². The van der Waals surface area contributed by atoms with Gasteiger partial charge in [0.1, 0.15) is 5.82 Å². The standard InChI is InChI=1S/C22H23F3INO/c1-2-3-4-5-14-12-27(13-14)22(28)17-8-9-19(23)21(25)18(17)10-15-6-7-16(26)11-20(15)24/h6-9,11,14H,2-5,10,12-13H2,1H3. The summed E-state index contributed by atoms with van der Waals surface area (Å²) >= 11 is 1.98. The normalized spacial score (nSPS) is 14.2. The third-order valence-corrected chi connectivity index (χ3v) is 5.94. The van der Waals surface area contributed by atoms with E-state index in [1.807, 2.05) is 22.6 Å². The summed E-state index contributed by atoms with van der Waals surface area (Å²) in [6, 6.07) is 6.86. The zero-order chi connectivity index (χ0) is 20.3. The Labute approximate surface area is 177 Å². The van der Waals surface area contributed by atoms with Gasteiger partial charge in [-0.05, 0) is 64.8 Å². The number of likely N-dealkylation sites (tertiary alicyclic amines) is 1. The molecule has 0 aromatic heterocycles. The summed E-state index contributed by atoms with van der Waals surface area (Å²) in [7, 11) is 0. The number of halogens is 4. The minimum atomic E-state index is -1.08. The van der Waals surface area contributed by atoms with Crippen molar-refractivity contribution in [2.45, 2.75) is 39.0 Å². The molecule has 150 valence electrons. The van der Waals surface area contributed by atoms with Gasteiger partial charge in [-0.3, -0.25) is 4.79 Å². The van der Waals surface area contributed by atoms with Crippen LogP contribution in [0.15, 0.2) is 30.3 Å². The summed E-state index contributed by atoms with van der Waals surface area (Å²) in [6.07, 6.45) is 4.39. The molecule has 2 nitrogen and oxygen atoms in total. The Kier molecular flexibility index (Phi) is 7.01. The molecule has 0 unspecified atom stereocenters. The number of hydrogen-bond donors (Lipinski definition) is 0. The van der Waals surface area contributed by atoms with Crippen molar-refractivity contribution in [2.24, 2.45) is 5.92 Å². The average molecular weight is 501 g/mol. The maximum absolute atomic E-state index is 14.5. The van der Waals surface area contributed by atoms with Crippen molar-refractivity contribution in [1.82, 2.24) is 4.90 Å². The van der Waals surface area contributed by atoms with Gasteiger partial charge in [0.15, 0.2) is 11.6 Å². The number of benzene rings is 2. The second-order valence-electron chi connectivity index (χ2n) is 7.37. The van der Waals surface area contributed by atoms with Gasteiger partial charge in [-0.2, -0.15) is 0 Å². The van der Waals surface area contributed by atoms with E-state index in [-0.39, 0.29) is 29.0 Å². The van der Waals surface area contributed by atoms with Crippen LogP contribution in [0, 0.1) is 26.9 Å². The predicted octanol–water partition coefficient (Wildman–Crippen LogP) is 5.95. The molecule has 3 rings (SSSR count). The van der Waals surface area contributed by atoms with Gasteiger partial charge in [0.05, 0.1) is 0 Å². The SMILES string of the molecule is CCCCCC1CN(C(=O)c2ccc(F)c(F)c2Cc2ccc(I)cc2F)C1. The summed E-state index contributed by atoms with van der Waals surface area (Å²) < 4.78 is 43.3. The molecule has 2 aromatic carbocycles. The monoisotopic (exact) mass is 501 g/mol. The van der Waals surface area contributed by atoms with Gasteiger partial charge in [-0.25, -0.2) is 13.2 Å². The van der Waals surface area contributed by atoms with Crippen LogP contribution in [0.2, 0.25) is 0 Å². The van der Waals surface area contributed by atoms with Crippen molar-refractivity contribution in [3.05, 3.63) is 68.0 Å². The van der Waals surface area contributed by atoms with Crippen LogP contribution in [0.1, 0.15) is 54.1 Å². The lowest BCUT2D eigenvalue weighted by Crippen LogP contribution is -2.50. The number of carbonyl (C=O) groups is 1. The Morgan fingerprint density at radius 1 is 1.11 bits per heavy atom. The molecule has 1 aliphatic rings. The van der Waals surface area contributed by atoms with Gasteiger partial charge in [0, 0.05) is 34.2 Å². The van der Waals surface area contributed by atoms with Crippen molar-refractivity contribution >= 4 is 28.5 Å². The molecule has 28 heavy (non-hydrogen) atoms. The summed E-state index contributed by atoms with van der Waals surface area (Å²) in [4.78, 5) is 14.5. The third kappa shape index (κ3) is 4.70. The van der Waals surface area contributed by atoms with Gasteiger partial charge in [-0.1, -0.05) is 32.3 Å². The first kappa shape index (κ1) is 21.1. The zero-order valence-corrected chi connectivity index (χ0v) is 17.9. The molecule has 0 spiro atoms. The fourth-order valence-electron chi connectivity index (χ4n) is 3.59. The van der Waals surface area contributed by atoms with E-state index in [2.05, 4.69) is 6.92 Å². The van der Waals surface area contributed by atoms with Crippen LogP contribution in [0.5, 0.6) is 0 Å². The van der Waals surface area contributed by atoms with E-state index in [4.69, 9.17) is 0 Å². The van der Waals surface area contributed by atoms with Crippen LogP contribution < -0.4 is 0 Å².